The fourth-order valence-electron chi connectivity index (χ4n) is 3.76. The normalized spacial score (nSPS) is 15.7. The number of pyridine rings is 1. The zero-order valence-corrected chi connectivity index (χ0v) is 19.0. The third-order valence-corrected chi connectivity index (χ3v) is 5.55. The highest BCUT2D eigenvalue weighted by atomic mass is 16.6. The first-order valence-electron chi connectivity index (χ1n) is 11.3. The molecule has 0 aromatic carbocycles. The van der Waals surface area contributed by atoms with Gasteiger partial charge in [-0.3, -0.25) is 9.88 Å². The van der Waals surface area contributed by atoms with Crippen molar-refractivity contribution in [1.29, 1.82) is 0 Å². The quantitative estimate of drug-likeness (QED) is 0.411. The molecular formula is C24H35N3O4. The van der Waals surface area contributed by atoms with Gasteiger partial charge in [-0.25, -0.2) is 0 Å². The molecule has 0 saturated heterocycles. The molecule has 2 aromatic heterocycles. The SMILES string of the molecule is CCc1cc2c(nc1CC)CCN(CCC(C)=NOCC(O)COCc1ccco1)C2. The molecule has 0 amide bonds. The average molecular weight is 430 g/mol. The summed E-state index contributed by atoms with van der Waals surface area (Å²) in [6.07, 6.45) is 4.75. The number of hydrogen-bond acceptors (Lipinski definition) is 7. The van der Waals surface area contributed by atoms with Crippen LogP contribution >= 0.6 is 0 Å². The third-order valence-electron chi connectivity index (χ3n) is 5.55. The summed E-state index contributed by atoms with van der Waals surface area (Å²) in [7, 11) is 0. The summed E-state index contributed by atoms with van der Waals surface area (Å²) >= 11 is 0. The number of aryl methyl sites for hydroxylation is 2. The first-order chi connectivity index (χ1) is 15.1. The van der Waals surface area contributed by atoms with Crippen LogP contribution in [0.3, 0.4) is 0 Å². The van der Waals surface area contributed by atoms with Crippen molar-refractivity contribution in [2.24, 2.45) is 5.16 Å². The van der Waals surface area contributed by atoms with Gasteiger partial charge in [0.2, 0.25) is 0 Å². The van der Waals surface area contributed by atoms with Crippen LogP contribution in [0.5, 0.6) is 0 Å². The number of hydrogen-bond donors (Lipinski definition) is 1. The Morgan fingerprint density at radius 1 is 1.32 bits per heavy atom. The van der Waals surface area contributed by atoms with E-state index in [2.05, 4.69) is 30.0 Å². The van der Waals surface area contributed by atoms with Gasteiger partial charge in [-0.1, -0.05) is 25.1 Å². The molecule has 0 spiro atoms. The Bertz CT molecular complexity index is 836. The second-order valence-electron chi connectivity index (χ2n) is 8.05. The number of aliphatic hydroxyl groups is 1. The third kappa shape index (κ3) is 7.16. The Kier molecular flexibility index (Phi) is 9.06. The molecule has 1 unspecified atom stereocenters. The molecule has 0 fully saturated rings. The highest BCUT2D eigenvalue weighted by Gasteiger charge is 2.19. The second-order valence-corrected chi connectivity index (χ2v) is 8.05. The topological polar surface area (TPSA) is 80.3 Å². The molecule has 0 bridgehead atoms. The number of aliphatic hydroxyl groups excluding tert-OH is 1. The van der Waals surface area contributed by atoms with Gasteiger partial charge in [0.1, 0.15) is 25.1 Å². The highest BCUT2D eigenvalue weighted by Crippen LogP contribution is 2.21. The fourth-order valence-corrected chi connectivity index (χ4v) is 3.76. The molecule has 170 valence electrons. The van der Waals surface area contributed by atoms with Crippen molar-refractivity contribution in [3.63, 3.8) is 0 Å². The van der Waals surface area contributed by atoms with Gasteiger partial charge < -0.3 is 19.1 Å². The van der Waals surface area contributed by atoms with E-state index in [0.717, 1.165) is 56.8 Å². The maximum absolute atomic E-state index is 9.93. The van der Waals surface area contributed by atoms with Crippen molar-refractivity contribution in [3.8, 4) is 0 Å². The largest absolute Gasteiger partial charge is 0.467 e. The molecular weight excluding hydrogens is 394 g/mol. The van der Waals surface area contributed by atoms with Crippen LogP contribution in [0.4, 0.5) is 0 Å². The van der Waals surface area contributed by atoms with Crippen molar-refractivity contribution < 1.29 is 19.1 Å². The number of rotatable bonds is 12. The molecule has 3 heterocycles. The van der Waals surface area contributed by atoms with Gasteiger partial charge in [-0.15, -0.1) is 0 Å². The summed E-state index contributed by atoms with van der Waals surface area (Å²) in [5.74, 6) is 0.731. The molecule has 0 aliphatic carbocycles. The van der Waals surface area contributed by atoms with Crippen molar-refractivity contribution in [1.82, 2.24) is 9.88 Å². The van der Waals surface area contributed by atoms with Crippen LogP contribution in [-0.2, 0) is 42.0 Å². The monoisotopic (exact) mass is 429 g/mol. The van der Waals surface area contributed by atoms with Crippen LogP contribution in [0, 0.1) is 0 Å². The highest BCUT2D eigenvalue weighted by molar-refractivity contribution is 5.81. The van der Waals surface area contributed by atoms with Gasteiger partial charge in [0.25, 0.3) is 0 Å². The van der Waals surface area contributed by atoms with Crippen LogP contribution in [-0.4, -0.2) is 53.1 Å². The number of fused-ring (bicyclic) bond motifs is 1. The second kappa shape index (κ2) is 12.0. The van der Waals surface area contributed by atoms with Crippen LogP contribution < -0.4 is 0 Å². The summed E-state index contributed by atoms with van der Waals surface area (Å²) in [6, 6.07) is 5.99. The Balaban J connectivity index is 1.36. The van der Waals surface area contributed by atoms with E-state index < -0.39 is 6.10 Å². The van der Waals surface area contributed by atoms with E-state index in [4.69, 9.17) is 19.0 Å². The smallest absolute Gasteiger partial charge is 0.145 e. The summed E-state index contributed by atoms with van der Waals surface area (Å²) in [6.45, 7) is 9.86. The van der Waals surface area contributed by atoms with Gasteiger partial charge in [0.15, 0.2) is 0 Å². The van der Waals surface area contributed by atoms with E-state index in [0.29, 0.717) is 6.61 Å². The van der Waals surface area contributed by atoms with Gasteiger partial charge in [0.05, 0.1) is 18.6 Å². The van der Waals surface area contributed by atoms with E-state index in [1.807, 2.05) is 13.0 Å². The van der Waals surface area contributed by atoms with Crippen LogP contribution in [0.15, 0.2) is 34.0 Å². The van der Waals surface area contributed by atoms with Crippen molar-refractivity contribution >= 4 is 5.71 Å². The van der Waals surface area contributed by atoms with Gasteiger partial charge in [-0.05, 0) is 43.0 Å². The van der Waals surface area contributed by atoms with E-state index in [9.17, 15) is 5.11 Å². The van der Waals surface area contributed by atoms with E-state index >= 15 is 0 Å². The molecule has 1 aliphatic rings. The Morgan fingerprint density at radius 2 is 2.19 bits per heavy atom. The molecule has 7 heteroatoms. The van der Waals surface area contributed by atoms with E-state index in [1.54, 1.807) is 12.3 Å². The summed E-state index contributed by atoms with van der Waals surface area (Å²) < 4.78 is 10.6. The Hall–Kier alpha value is -2.22. The first kappa shape index (κ1) is 23.4. The lowest BCUT2D eigenvalue weighted by Crippen LogP contribution is -2.33. The fraction of sp³-hybridized carbons (Fsp3) is 0.583. The molecule has 0 radical (unpaired) electrons. The molecule has 1 aliphatic heterocycles. The van der Waals surface area contributed by atoms with Crippen molar-refractivity contribution in [2.75, 3.05) is 26.3 Å². The standard InChI is InChI=1S/C24H35N3O4/c1-4-19-13-20-14-27(11-9-24(20)25-23(19)5-2)10-8-18(3)26-31-16-21(28)15-29-17-22-7-6-12-30-22/h6-7,12-13,21,28H,4-5,8-11,14-17H2,1-3H3. The lowest BCUT2D eigenvalue weighted by Gasteiger charge is -2.29. The predicted octanol–water partition coefficient (Wildman–Crippen LogP) is 3.52. The minimum atomic E-state index is -0.724. The maximum atomic E-state index is 9.93. The Labute approximate surface area is 185 Å². The molecule has 2 aromatic rings. The zero-order valence-electron chi connectivity index (χ0n) is 19.0. The molecule has 7 nitrogen and oxygen atoms in total. The summed E-state index contributed by atoms with van der Waals surface area (Å²) in [5.41, 5.74) is 6.18. The average Bonchev–Trinajstić information content (AvgIpc) is 3.30. The van der Waals surface area contributed by atoms with E-state index in [1.165, 1.54) is 22.5 Å². The molecule has 3 rings (SSSR count). The molecule has 1 atom stereocenters. The van der Waals surface area contributed by atoms with Crippen LogP contribution in [0.25, 0.3) is 0 Å². The van der Waals surface area contributed by atoms with Gasteiger partial charge >= 0.3 is 0 Å². The minimum Gasteiger partial charge on any atom is -0.467 e. The number of oxime groups is 1. The molecule has 0 saturated carbocycles. The van der Waals surface area contributed by atoms with Crippen LogP contribution in [0.2, 0.25) is 0 Å². The van der Waals surface area contributed by atoms with E-state index in [-0.39, 0.29) is 13.2 Å². The summed E-state index contributed by atoms with van der Waals surface area (Å²) in [5, 5.41) is 14.1. The zero-order chi connectivity index (χ0) is 22.1. The molecule has 31 heavy (non-hydrogen) atoms. The van der Waals surface area contributed by atoms with Crippen molar-refractivity contribution in [3.05, 3.63) is 52.7 Å². The molecule has 1 N–H and O–H groups in total. The number of aromatic nitrogens is 1. The number of nitrogens with zero attached hydrogens (tertiary/aromatic N) is 3. The number of ether oxygens (including phenoxy) is 1. The van der Waals surface area contributed by atoms with Gasteiger partial charge in [-0.2, -0.15) is 0 Å². The number of furan rings is 1. The predicted molar refractivity (Wildman–Crippen MR) is 120 cm³/mol. The lowest BCUT2D eigenvalue weighted by molar-refractivity contribution is -0.0254. The van der Waals surface area contributed by atoms with Gasteiger partial charge in [0, 0.05) is 43.9 Å². The first-order valence-corrected chi connectivity index (χ1v) is 11.3. The minimum absolute atomic E-state index is 0.109. The van der Waals surface area contributed by atoms with Crippen LogP contribution in [0.1, 0.15) is 55.5 Å². The Morgan fingerprint density at radius 3 is 2.94 bits per heavy atom. The maximum Gasteiger partial charge on any atom is 0.145 e. The summed E-state index contributed by atoms with van der Waals surface area (Å²) in [4.78, 5) is 12.7. The van der Waals surface area contributed by atoms with Crippen molar-refractivity contribution in [2.45, 2.75) is 65.7 Å². The lowest BCUT2D eigenvalue weighted by atomic mass is 9.99.